The Bertz CT molecular complexity index is 425. The first-order valence-corrected chi connectivity index (χ1v) is 7.00. The minimum absolute atomic E-state index is 0.124. The SMILES string of the molecule is C1CCNC1.C[C@H](NC(=O)OCc1ccccc1)C(=O)O. The van der Waals surface area contributed by atoms with Gasteiger partial charge in [-0.25, -0.2) is 4.79 Å². The molecule has 0 bridgehead atoms. The molecule has 1 aromatic carbocycles. The fourth-order valence-corrected chi connectivity index (χ4v) is 1.63. The van der Waals surface area contributed by atoms with Crippen LogP contribution in [0.4, 0.5) is 4.79 Å². The van der Waals surface area contributed by atoms with E-state index in [1.54, 1.807) is 0 Å². The van der Waals surface area contributed by atoms with Crippen LogP contribution in [0.2, 0.25) is 0 Å². The standard InChI is InChI=1S/C11H13NO4.C4H9N/c1-8(10(13)14)12-11(15)16-7-9-5-3-2-4-6-9;1-2-4-5-3-1/h2-6,8H,7H2,1H3,(H,12,15)(H,13,14);5H,1-4H2/t8-;/m0./s1. The molecule has 6 heteroatoms. The van der Waals surface area contributed by atoms with Gasteiger partial charge < -0.3 is 20.5 Å². The molecule has 0 aromatic heterocycles. The van der Waals surface area contributed by atoms with Crippen LogP contribution in [0.5, 0.6) is 0 Å². The summed E-state index contributed by atoms with van der Waals surface area (Å²) in [5.41, 5.74) is 0.848. The van der Waals surface area contributed by atoms with Crippen LogP contribution in [0.1, 0.15) is 25.3 Å². The lowest BCUT2D eigenvalue weighted by atomic mass is 10.2. The van der Waals surface area contributed by atoms with Crippen molar-refractivity contribution in [2.45, 2.75) is 32.4 Å². The van der Waals surface area contributed by atoms with Crippen LogP contribution in [0.25, 0.3) is 0 Å². The number of hydrogen-bond acceptors (Lipinski definition) is 4. The molecule has 0 saturated carbocycles. The summed E-state index contributed by atoms with van der Waals surface area (Å²) in [6.07, 6.45) is 2.04. The van der Waals surface area contributed by atoms with Gasteiger partial charge in [0.15, 0.2) is 0 Å². The van der Waals surface area contributed by atoms with Gasteiger partial charge in [0.25, 0.3) is 0 Å². The third kappa shape index (κ3) is 7.94. The molecule has 116 valence electrons. The maximum atomic E-state index is 11.1. The number of rotatable bonds is 4. The van der Waals surface area contributed by atoms with Crippen LogP contribution in [0, 0.1) is 0 Å². The number of carbonyl (C=O) groups is 2. The molecular weight excluding hydrogens is 272 g/mol. The highest BCUT2D eigenvalue weighted by Gasteiger charge is 2.14. The number of alkyl carbamates (subject to hydrolysis) is 1. The topological polar surface area (TPSA) is 87.7 Å². The zero-order chi connectivity index (χ0) is 15.5. The van der Waals surface area contributed by atoms with E-state index in [1.807, 2.05) is 30.3 Å². The smallest absolute Gasteiger partial charge is 0.408 e. The maximum Gasteiger partial charge on any atom is 0.408 e. The Balaban J connectivity index is 0.000000369. The summed E-state index contributed by atoms with van der Waals surface area (Å²) in [4.78, 5) is 21.6. The molecule has 2 rings (SSSR count). The monoisotopic (exact) mass is 294 g/mol. The molecule has 6 nitrogen and oxygen atoms in total. The third-order valence-corrected chi connectivity index (χ3v) is 2.87. The molecule has 0 spiro atoms. The van der Waals surface area contributed by atoms with Gasteiger partial charge >= 0.3 is 12.1 Å². The molecule has 3 N–H and O–H groups in total. The normalized spacial score (nSPS) is 14.5. The summed E-state index contributed by atoms with van der Waals surface area (Å²) in [7, 11) is 0. The van der Waals surface area contributed by atoms with Crippen molar-refractivity contribution in [2.75, 3.05) is 13.1 Å². The van der Waals surface area contributed by atoms with Crippen LogP contribution >= 0.6 is 0 Å². The molecule has 1 aromatic rings. The van der Waals surface area contributed by atoms with Crippen molar-refractivity contribution in [2.24, 2.45) is 0 Å². The minimum atomic E-state index is -1.10. The van der Waals surface area contributed by atoms with E-state index in [1.165, 1.54) is 32.9 Å². The van der Waals surface area contributed by atoms with Gasteiger partial charge in [-0.05, 0) is 38.4 Å². The fraction of sp³-hybridized carbons (Fsp3) is 0.467. The summed E-state index contributed by atoms with van der Waals surface area (Å²) < 4.78 is 4.84. The van der Waals surface area contributed by atoms with E-state index in [2.05, 4.69) is 10.6 Å². The van der Waals surface area contributed by atoms with Crippen LogP contribution < -0.4 is 10.6 Å². The van der Waals surface area contributed by atoms with Gasteiger partial charge in [0, 0.05) is 0 Å². The number of carboxylic acids is 1. The zero-order valence-electron chi connectivity index (χ0n) is 12.2. The number of nitrogens with one attached hydrogen (secondary N) is 2. The van der Waals surface area contributed by atoms with Crippen molar-refractivity contribution in [1.82, 2.24) is 10.6 Å². The van der Waals surface area contributed by atoms with Crippen molar-refractivity contribution in [1.29, 1.82) is 0 Å². The predicted molar refractivity (Wildman–Crippen MR) is 79.0 cm³/mol. The molecule has 21 heavy (non-hydrogen) atoms. The van der Waals surface area contributed by atoms with Crippen molar-refractivity contribution < 1.29 is 19.4 Å². The molecule has 1 heterocycles. The van der Waals surface area contributed by atoms with E-state index in [0.29, 0.717) is 0 Å². The lowest BCUT2D eigenvalue weighted by Gasteiger charge is -2.09. The van der Waals surface area contributed by atoms with Gasteiger partial charge in [0.05, 0.1) is 0 Å². The summed E-state index contributed by atoms with van der Waals surface area (Å²) in [5, 5.41) is 14.0. The van der Waals surface area contributed by atoms with Crippen LogP contribution in [-0.4, -0.2) is 36.3 Å². The number of ether oxygens (including phenoxy) is 1. The van der Waals surface area contributed by atoms with Gasteiger partial charge in [0.1, 0.15) is 12.6 Å². The van der Waals surface area contributed by atoms with Gasteiger partial charge in [-0.15, -0.1) is 0 Å². The van der Waals surface area contributed by atoms with Crippen molar-refractivity contribution in [3.8, 4) is 0 Å². The Kier molecular flexibility index (Phi) is 7.89. The van der Waals surface area contributed by atoms with Crippen molar-refractivity contribution in [3.05, 3.63) is 35.9 Å². The highest BCUT2D eigenvalue weighted by Crippen LogP contribution is 2.00. The molecule has 1 atom stereocenters. The van der Waals surface area contributed by atoms with E-state index in [9.17, 15) is 9.59 Å². The van der Waals surface area contributed by atoms with Crippen molar-refractivity contribution >= 4 is 12.1 Å². The summed E-state index contributed by atoms with van der Waals surface area (Å²) in [6, 6.07) is 8.19. The third-order valence-electron chi connectivity index (χ3n) is 2.87. The summed E-state index contributed by atoms with van der Waals surface area (Å²) in [5.74, 6) is -1.10. The lowest BCUT2D eigenvalue weighted by molar-refractivity contribution is -0.138. The van der Waals surface area contributed by atoms with E-state index < -0.39 is 18.1 Å². The lowest BCUT2D eigenvalue weighted by Crippen LogP contribution is -2.38. The summed E-state index contributed by atoms with van der Waals surface area (Å²) >= 11 is 0. The van der Waals surface area contributed by atoms with Crippen LogP contribution in [0.3, 0.4) is 0 Å². The molecule has 1 amide bonds. The molecular formula is C15H22N2O4. The second kappa shape index (κ2) is 9.77. The Morgan fingerprint density at radius 2 is 1.90 bits per heavy atom. The molecule has 1 aliphatic heterocycles. The molecule has 1 fully saturated rings. The largest absolute Gasteiger partial charge is 0.480 e. The fourth-order valence-electron chi connectivity index (χ4n) is 1.63. The first kappa shape index (κ1) is 17.0. The molecule has 0 radical (unpaired) electrons. The number of benzene rings is 1. The number of hydrogen-bond donors (Lipinski definition) is 3. The average molecular weight is 294 g/mol. The molecule has 1 saturated heterocycles. The number of carbonyl (C=O) groups excluding carboxylic acids is 1. The van der Waals surface area contributed by atoms with E-state index >= 15 is 0 Å². The van der Waals surface area contributed by atoms with Gasteiger partial charge in [-0.1, -0.05) is 30.3 Å². The maximum absolute atomic E-state index is 11.1. The first-order chi connectivity index (χ1) is 10.1. The van der Waals surface area contributed by atoms with E-state index in [0.717, 1.165) is 5.56 Å². The minimum Gasteiger partial charge on any atom is -0.480 e. The van der Waals surface area contributed by atoms with Crippen molar-refractivity contribution in [3.63, 3.8) is 0 Å². The Morgan fingerprint density at radius 1 is 1.29 bits per heavy atom. The highest BCUT2D eigenvalue weighted by atomic mass is 16.5. The second-order valence-electron chi connectivity index (χ2n) is 4.72. The van der Waals surface area contributed by atoms with E-state index in [4.69, 9.17) is 9.84 Å². The number of aliphatic carboxylic acids is 1. The average Bonchev–Trinajstić information content (AvgIpc) is 3.05. The Hall–Kier alpha value is -2.08. The Labute approximate surface area is 124 Å². The Morgan fingerprint density at radius 3 is 2.38 bits per heavy atom. The molecule has 1 aliphatic rings. The number of amides is 1. The van der Waals surface area contributed by atoms with E-state index in [-0.39, 0.29) is 6.61 Å². The summed E-state index contributed by atoms with van der Waals surface area (Å²) in [6.45, 7) is 3.99. The second-order valence-corrected chi connectivity index (χ2v) is 4.72. The zero-order valence-corrected chi connectivity index (χ0v) is 12.2. The number of carboxylic acid groups (broad SMARTS) is 1. The molecule has 0 aliphatic carbocycles. The van der Waals surface area contributed by atoms with Gasteiger partial charge in [0.2, 0.25) is 0 Å². The highest BCUT2D eigenvalue weighted by molar-refractivity contribution is 5.79. The van der Waals surface area contributed by atoms with Gasteiger partial charge in [-0.2, -0.15) is 0 Å². The van der Waals surface area contributed by atoms with Crippen LogP contribution in [0.15, 0.2) is 30.3 Å². The first-order valence-electron chi connectivity index (χ1n) is 7.00. The van der Waals surface area contributed by atoms with Gasteiger partial charge in [-0.3, -0.25) is 4.79 Å². The quantitative estimate of drug-likeness (QED) is 0.787. The molecule has 0 unspecified atom stereocenters. The van der Waals surface area contributed by atoms with Crippen LogP contribution in [-0.2, 0) is 16.1 Å². The predicted octanol–water partition coefficient (Wildman–Crippen LogP) is 1.76.